The van der Waals surface area contributed by atoms with E-state index in [2.05, 4.69) is 13.8 Å². The molecular weight excluding hydrogens is 216 g/mol. The zero-order valence-corrected chi connectivity index (χ0v) is 10.9. The molecule has 0 saturated heterocycles. The van der Waals surface area contributed by atoms with Gasteiger partial charge in [-0.2, -0.15) is 0 Å². The highest BCUT2D eigenvalue weighted by molar-refractivity contribution is 5.46. The molecular formula is C14H22O3. The summed E-state index contributed by atoms with van der Waals surface area (Å²) >= 11 is 0. The van der Waals surface area contributed by atoms with Crippen molar-refractivity contribution in [1.29, 1.82) is 0 Å². The van der Waals surface area contributed by atoms with Crippen molar-refractivity contribution in [3.05, 3.63) is 23.8 Å². The molecule has 3 nitrogen and oxygen atoms in total. The van der Waals surface area contributed by atoms with Gasteiger partial charge in [0.2, 0.25) is 0 Å². The molecule has 0 aliphatic heterocycles. The summed E-state index contributed by atoms with van der Waals surface area (Å²) in [6.45, 7) is 7.42. The maximum absolute atomic E-state index is 9.30. The molecule has 0 saturated carbocycles. The van der Waals surface area contributed by atoms with Gasteiger partial charge in [-0.1, -0.05) is 32.4 Å². The van der Waals surface area contributed by atoms with Crippen LogP contribution in [0.1, 0.15) is 32.8 Å². The van der Waals surface area contributed by atoms with E-state index in [-0.39, 0.29) is 6.61 Å². The molecule has 1 unspecified atom stereocenters. The van der Waals surface area contributed by atoms with Gasteiger partial charge in [-0.25, -0.2) is 0 Å². The quantitative estimate of drug-likeness (QED) is 0.793. The van der Waals surface area contributed by atoms with Crippen LogP contribution in [0.5, 0.6) is 11.5 Å². The maximum Gasteiger partial charge on any atom is 0.166 e. The van der Waals surface area contributed by atoms with E-state index >= 15 is 0 Å². The smallest absolute Gasteiger partial charge is 0.166 e. The van der Waals surface area contributed by atoms with E-state index in [0.717, 1.165) is 12.0 Å². The Morgan fingerprint density at radius 1 is 1.24 bits per heavy atom. The van der Waals surface area contributed by atoms with Gasteiger partial charge in [0.1, 0.15) is 0 Å². The molecule has 96 valence electrons. The van der Waals surface area contributed by atoms with Gasteiger partial charge in [-0.15, -0.1) is 0 Å². The number of aliphatic hydroxyl groups is 1. The summed E-state index contributed by atoms with van der Waals surface area (Å²) in [7, 11) is 0. The molecule has 1 aromatic rings. The highest BCUT2D eigenvalue weighted by Gasteiger charge is 2.11. The predicted octanol–water partition coefficient (Wildman–Crippen LogP) is 3.00. The Morgan fingerprint density at radius 2 is 2.00 bits per heavy atom. The van der Waals surface area contributed by atoms with Crippen LogP contribution in [0.25, 0.3) is 0 Å². The second kappa shape index (κ2) is 7.17. The topological polar surface area (TPSA) is 38.7 Å². The lowest BCUT2D eigenvalue weighted by Gasteiger charge is -2.17. The van der Waals surface area contributed by atoms with E-state index < -0.39 is 0 Å². The Labute approximate surface area is 103 Å². The molecule has 1 N–H and O–H groups in total. The standard InChI is InChI=1S/C14H22O3/c1-4-11(3)10-17-14-12(9-15)7-6-8-13(14)16-5-2/h6-8,11,15H,4-5,9-10H2,1-3H3. The highest BCUT2D eigenvalue weighted by Crippen LogP contribution is 2.31. The first-order chi connectivity index (χ1) is 8.22. The molecule has 0 aromatic heterocycles. The Kier molecular flexibility index (Phi) is 5.84. The van der Waals surface area contributed by atoms with Crippen molar-refractivity contribution in [2.75, 3.05) is 13.2 Å². The third kappa shape index (κ3) is 3.93. The first-order valence-corrected chi connectivity index (χ1v) is 6.21. The van der Waals surface area contributed by atoms with Gasteiger partial charge in [-0.3, -0.25) is 0 Å². The average molecular weight is 238 g/mol. The summed E-state index contributed by atoms with van der Waals surface area (Å²) in [6, 6.07) is 5.59. The SMILES string of the molecule is CCOc1cccc(CO)c1OCC(C)CC. The summed E-state index contributed by atoms with van der Waals surface area (Å²) in [4.78, 5) is 0. The molecule has 3 heteroatoms. The summed E-state index contributed by atoms with van der Waals surface area (Å²) in [6.07, 6.45) is 1.07. The van der Waals surface area contributed by atoms with Crippen LogP contribution in [0.3, 0.4) is 0 Å². The van der Waals surface area contributed by atoms with Crippen molar-refractivity contribution in [1.82, 2.24) is 0 Å². The van der Waals surface area contributed by atoms with Gasteiger partial charge < -0.3 is 14.6 Å². The second-order valence-corrected chi connectivity index (χ2v) is 4.16. The zero-order chi connectivity index (χ0) is 12.7. The van der Waals surface area contributed by atoms with Crippen LogP contribution >= 0.6 is 0 Å². The molecule has 1 rings (SSSR count). The van der Waals surface area contributed by atoms with Crippen molar-refractivity contribution in [3.8, 4) is 11.5 Å². The van der Waals surface area contributed by atoms with Crippen molar-refractivity contribution in [3.63, 3.8) is 0 Å². The summed E-state index contributed by atoms with van der Waals surface area (Å²) in [5.74, 6) is 1.88. The second-order valence-electron chi connectivity index (χ2n) is 4.16. The molecule has 0 aliphatic carbocycles. The number of ether oxygens (including phenoxy) is 2. The first kappa shape index (κ1) is 13.8. The lowest BCUT2D eigenvalue weighted by Crippen LogP contribution is -2.10. The summed E-state index contributed by atoms with van der Waals surface area (Å²) < 4.78 is 11.3. The molecule has 0 bridgehead atoms. The maximum atomic E-state index is 9.30. The van der Waals surface area contributed by atoms with Gasteiger partial charge in [-0.05, 0) is 18.9 Å². The lowest BCUT2D eigenvalue weighted by atomic mass is 10.1. The minimum Gasteiger partial charge on any atom is -0.490 e. The van der Waals surface area contributed by atoms with Gasteiger partial charge in [0.25, 0.3) is 0 Å². The Balaban J connectivity index is 2.84. The number of rotatable bonds is 7. The van der Waals surface area contributed by atoms with Gasteiger partial charge in [0.15, 0.2) is 11.5 Å². The molecule has 0 spiro atoms. The van der Waals surface area contributed by atoms with E-state index in [0.29, 0.717) is 30.6 Å². The van der Waals surface area contributed by atoms with E-state index in [1.165, 1.54) is 0 Å². The van der Waals surface area contributed by atoms with Crippen molar-refractivity contribution < 1.29 is 14.6 Å². The Bertz CT molecular complexity index is 336. The third-order valence-electron chi connectivity index (χ3n) is 2.74. The zero-order valence-electron chi connectivity index (χ0n) is 10.9. The Hall–Kier alpha value is -1.22. The average Bonchev–Trinajstić information content (AvgIpc) is 2.36. The van der Waals surface area contributed by atoms with E-state index in [1.807, 2.05) is 25.1 Å². The molecule has 0 radical (unpaired) electrons. The number of hydrogen-bond donors (Lipinski definition) is 1. The first-order valence-electron chi connectivity index (χ1n) is 6.21. The fourth-order valence-electron chi connectivity index (χ4n) is 1.46. The van der Waals surface area contributed by atoms with Crippen LogP contribution in [0.4, 0.5) is 0 Å². The monoisotopic (exact) mass is 238 g/mol. The minimum absolute atomic E-state index is 0.0310. The van der Waals surface area contributed by atoms with Crippen molar-refractivity contribution in [2.45, 2.75) is 33.8 Å². The fraction of sp³-hybridized carbons (Fsp3) is 0.571. The summed E-state index contributed by atoms with van der Waals surface area (Å²) in [5, 5.41) is 9.30. The molecule has 1 atom stereocenters. The number of aliphatic hydroxyl groups excluding tert-OH is 1. The fourth-order valence-corrected chi connectivity index (χ4v) is 1.46. The minimum atomic E-state index is -0.0310. The molecule has 1 aromatic carbocycles. The van der Waals surface area contributed by atoms with Crippen LogP contribution in [0.15, 0.2) is 18.2 Å². The van der Waals surface area contributed by atoms with Crippen LogP contribution in [0.2, 0.25) is 0 Å². The Morgan fingerprint density at radius 3 is 2.59 bits per heavy atom. The molecule has 17 heavy (non-hydrogen) atoms. The largest absolute Gasteiger partial charge is 0.490 e. The number of para-hydroxylation sites is 1. The van der Waals surface area contributed by atoms with Crippen molar-refractivity contribution in [2.24, 2.45) is 5.92 Å². The lowest BCUT2D eigenvalue weighted by molar-refractivity contribution is 0.222. The van der Waals surface area contributed by atoms with Crippen molar-refractivity contribution >= 4 is 0 Å². The van der Waals surface area contributed by atoms with Crippen LogP contribution < -0.4 is 9.47 Å². The van der Waals surface area contributed by atoms with Gasteiger partial charge >= 0.3 is 0 Å². The van der Waals surface area contributed by atoms with E-state index in [1.54, 1.807) is 0 Å². The number of benzene rings is 1. The molecule has 0 fully saturated rings. The molecule has 0 aliphatic rings. The highest BCUT2D eigenvalue weighted by atomic mass is 16.5. The third-order valence-corrected chi connectivity index (χ3v) is 2.74. The summed E-state index contributed by atoms with van der Waals surface area (Å²) in [5.41, 5.74) is 0.777. The van der Waals surface area contributed by atoms with Gasteiger partial charge in [0.05, 0.1) is 19.8 Å². The normalized spacial score (nSPS) is 12.2. The van der Waals surface area contributed by atoms with Crippen LogP contribution in [-0.2, 0) is 6.61 Å². The van der Waals surface area contributed by atoms with Crippen LogP contribution in [-0.4, -0.2) is 18.3 Å². The molecule has 0 amide bonds. The van der Waals surface area contributed by atoms with Gasteiger partial charge in [0, 0.05) is 5.56 Å². The van der Waals surface area contributed by atoms with E-state index in [4.69, 9.17) is 9.47 Å². The van der Waals surface area contributed by atoms with E-state index in [9.17, 15) is 5.11 Å². The number of hydrogen-bond acceptors (Lipinski definition) is 3. The predicted molar refractivity (Wildman–Crippen MR) is 68.5 cm³/mol. The van der Waals surface area contributed by atoms with Crippen LogP contribution in [0, 0.1) is 5.92 Å². The molecule has 0 heterocycles.